The Morgan fingerprint density at radius 1 is 0.667 bits per heavy atom. The molecule has 0 aromatic rings. The van der Waals surface area contributed by atoms with Crippen molar-refractivity contribution in [3.8, 4) is 0 Å². The van der Waals surface area contributed by atoms with E-state index in [1.165, 1.54) is 77.0 Å². The SMILES string of the molecule is CCCCCCCCCCCCCCCCC(=O)N(CC(C)O)CC(C)O. The lowest BCUT2D eigenvalue weighted by Gasteiger charge is -2.25. The lowest BCUT2D eigenvalue weighted by Crippen LogP contribution is -2.40. The average molecular weight is 386 g/mol. The first-order valence-electron chi connectivity index (χ1n) is 11.6. The Hall–Kier alpha value is -0.610. The Balaban J connectivity index is 3.50. The normalized spacial score (nSPS) is 13.5. The number of hydrogen-bond donors (Lipinski definition) is 2. The van der Waals surface area contributed by atoms with E-state index in [2.05, 4.69) is 6.92 Å². The smallest absolute Gasteiger partial charge is 0.222 e. The molecule has 4 nitrogen and oxygen atoms in total. The summed E-state index contributed by atoms with van der Waals surface area (Å²) in [6.07, 6.45) is 17.7. The van der Waals surface area contributed by atoms with Crippen LogP contribution in [0, 0.1) is 0 Å². The maximum Gasteiger partial charge on any atom is 0.222 e. The van der Waals surface area contributed by atoms with E-state index in [9.17, 15) is 15.0 Å². The maximum absolute atomic E-state index is 12.2. The van der Waals surface area contributed by atoms with Crippen LogP contribution in [0.5, 0.6) is 0 Å². The van der Waals surface area contributed by atoms with Crippen LogP contribution in [-0.2, 0) is 4.79 Å². The fourth-order valence-corrected chi connectivity index (χ4v) is 3.54. The Kier molecular flexibility index (Phi) is 18.3. The molecule has 0 aromatic carbocycles. The Morgan fingerprint density at radius 2 is 1.00 bits per heavy atom. The van der Waals surface area contributed by atoms with Crippen molar-refractivity contribution in [2.24, 2.45) is 0 Å². The van der Waals surface area contributed by atoms with Gasteiger partial charge in [0.25, 0.3) is 0 Å². The second-order valence-electron chi connectivity index (χ2n) is 8.34. The quantitative estimate of drug-likeness (QED) is 0.291. The molecule has 2 N–H and O–H groups in total. The van der Waals surface area contributed by atoms with Crippen molar-refractivity contribution in [3.63, 3.8) is 0 Å². The minimum Gasteiger partial charge on any atom is -0.392 e. The van der Waals surface area contributed by atoms with Gasteiger partial charge in [-0.15, -0.1) is 0 Å². The molecule has 162 valence electrons. The van der Waals surface area contributed by atoms with Gasteiger partial charge in [0.05, 0.1) is 12.2 Å². The topological polar surface area (TPSA) is 60.8 Å². The van der Waals surface area contributed by atoms with E-state index in [4.69, 9.17) is 0 Å². The highest BCUT2D eigenvalue weighted by molar-refractivity contribution is 5.76. The van der Waals surface area contributed by atoms with Crippen molar-refractivity contribution in [1.29, 1.82) is 0 Å². The van der Waals surface area contributed by atoms with Gasteiger partial charge >= 0.3 is 0 Å². The Morgan fingerprint density at radius 3 is 1.33 bits per heavy atom. The second-order valence-corrected chi connectivity index (χ2v) is 8.34. The van der Waals surface area contributed by atoms with Crippen LogP contribution in [0.25, 0.3) is 0 Å². The molecule has 0 aromatic heterocycles. The molecule has 0 fully saturated rings. The first kappa shape index (κ1) is 26.4. The van der Waals surface area contributed by atoms with Crippen LogP contribution in [-0.4, -0.2) is 46.3 Å². The standard InChI is InChI=1S/C23H47NO3/c1-4-5-6-7-8-9-10-11-12-13-14-15-16-17-18-23(27)24(19-21(2)25)20-22(3)26/h21-22,25-26H,4-20H2,1-3H3. The van der Waals surface area contributed by atoms with Crippen molar-refractivity contribution >= 4 is 5.91 Å². The number of amides is 1. The molecule has 2 atom stereocenters. The summed E-state index contributed by atoms with van der Waals surface area (Å²) in [5, 5.41) is 19.0. The molecule has 0 radical (unpaired) electrons. The van der Waals surface area contributed by atoms with Crippen molar-refractivity contribution in [2.45, 2.75) is 129 Å². The fourth-order valence-electron chi connectivity index (χ4n) is 3.54. The second kappa shape index (κ2) is 18.7. The largest absolute Gasteiger partial charge is 0.392 e. The van der Waals surface area contributed by atoms with Crippen LogP contribution >= 0.6 is 0 Å². The van der Waals surface area contributed by atoms with Crippen molar-refractivity contribution in [2.75, 3.05) is 13.1 Å². The van der Waals surface area contributed by atoms with Gasteiger partial charge in [-0.3, -0.25) is 4.79 Å². The number of aliphatic hydroxyl groups excluding tert-OH is 2. The number of unbranched alkanes of at least 4 members (excludes halogenated alkanes) is 13. The molecular weight excluding hydrogens is 338 g/mol. The highest BCUT2D eigenvalue weighted by Crippen LogP contribution is 2.13. The highest BCUT2D eigenvalue weighted by Gasteiger charge is 2.16. The van der Waals surface area contributed by atoms with E-state index >= 15 is 0 Å². The van der Waals surface area contributed by atoms with Gasteiger partial charge in [0.15, 0.2) is 0 Å². The molecule has 0 aliphatic carbocycles. The fraction of sp³-hybridized carbons (Fsp3) is 0.957. The molecule has 0 heterocycles. The molecule has 0 spiro atoms. The van der Waals surface area contributed by atoms with Crippen LogP contribution < -0.4 is 0 Å². The van der Waals surface area contributed by atoms with Crippen molar-refractivity contribution in [1.82, 2.24) is 4.90 Å². The van der Waals surface area contributed by atoms with Crippen LogP contribution in [0.3, 0.4) is 0 Å². The van der Waals surface area contributed by atoms with Gasteiger partial charge in [-0.25, -0.2) is 0 Å². The summed E-state index contributed by atoms with van der Waals surface area (Å²) in [6.45, 7) is 6.23. The number of aliphatic hydroxyl groups is 2. The minimum atomic E-state index is -0.552. The third kappa shape index (κ3) is 18.5. The van der Waals surface area contributed by atoms with E-state index < -0.39 is 12.2 Å². The predicted octanol–water partition coefficient (Wildman–Crippen LogP) is 5.45. The number of carbonyl (C=O) groups excluding carboxylic acids is 1. The van der Waals surface area contributed by atoms with Gasteiger partial charge in [0.2, 0.25) is 5.91 Å². The van der Waals surface area contributed by atoms with Gasteiger partial charge in [-0.1, -0.05) is 90.4 Å². The van der Waals surface area contributed by atoms with E-state index in [0.717, 1.165) is 12.8 Å². The molecule has 0 rings (SSSR count). The number of carbonyl (C=O) groups is 1. The average Bonchev–Trinajstić information content (AvgIpc) is 2.60. The van der Waals surface area contributed by atoms with Crippen molar-refractivity contribution in [3.05, 3.63) is 0 Å². The molecular formula is C23H47NO3. The first-order valence-corrected chi connectivity index (χ1v) is 11.6. The molecule has 1 amide bonds. The van der Waals surface area contributed by atoms with Crippen LogP contribution in [0.1, 0.15) is 117 Å². The zero-order chi connectivity index (χ0) is 20.3. The number of rotatable bonds is 19. The third-order valence-electron chi connectivity index (χ3n) is 5.07. The van der Waals surface area contributed by atoms with Crippen LogP contribution in [0.4, 0.5) is 0 Å². The van der Waals surface area contributed by atoms with E-state index in [-0.39, 0.29) is 5.91 Å². The van der Waals surface area contributed by atoms with Crippen molar-refractivity contribution < 1.29 is 15.0 Å². The molecule has 0 aliphatic rings. The molecule has 0 bridgehead atoms. The summed E-state index contributed by atoms with van der Waals surface area (Å²) in [7, 11) is 0. The van der Waals surface area contributed by atoms with E-state index in [0.29, 0.717) is 19.5 Å². The third-order valence-corrected chi connectivity index (χ3v) is 5.07. The summed E-state index contributed by atoms with van der Waals surface area (Å²) < 4.78 is 0. The number of hydrogen-bond acceptors (Lipinski definition) is 3. The molecule has 0 saturated heterocycles. The Labute approximate surface area is 168 Å². The minimum absolute atomic E-state index is 0.0516. The summed E-state index contributed by atoms with van der Waals surface area (Å²) in [6, 6.07) is 0. The van der Waals surface area contributed by atoms with E-state index in [1.54, 1.807) is 18.7 Å². The molecule has 4 heteroatoms. The van der Waals surface area contributed by atoms with Gasteiger partial charge < -0.3 is 15.1 Å². The summed E-state index contributed by atoms with van der Waals surface area (Å²) in [5.74, 6) is 0.0516. The summed E-state index contributed by atoms with van der Waals surface area (Å²) >= 11 is 0. The monoisotopic (exact) mass is 385 g/mol. The van der Waals surface area contributed by atoms with Crippen LogP contribution in [0.15, 0.2) is 0 Å². The lowest BCUT2D eigenvalue weighted by atomic mass is 10.0. The maximum atomic E-state index is 12.2. The summed E-state index contributed by atoms with van der Waals surface area (Å²) in [5.41, 5.74) is 0. The van der Waals surface area contributed by atoms with E-state index in [1.807, 2.05) is 0 Å². The number of nitrogens with zero attached hydrogens (tertiary/aromatic N) is 1. The lowest BCUT2D eigenvalue weighted by molar-refractivity contribution is -0.134. The summed E-state index contributed by atoms with van der Waals surface area (Å²) in [4.78, 5) is 13.8. The predicted molar refractivity (Wildman–Crippen MR) is 115 cm³/mol. The first-order chi connectivity index (χ1) is 13.0. The molecule has 0 saturated carbocycles. The van der Waals surface area contributed by atoms with Gasteiger partial charge in [0.1, 0.15) is 0 Å². The zero-order valence-corrected chi connectivity index (χ0v) is 18.4. The van der Waals surface area contributed by atoms with Gasteiger partial charge in [0, 0.05) is 19.5 Å². The van der Waals surface area contributed by atoms with Gasteiger partial charge in [-0.05, 0) is 20.3 Å². The molecule has 2 unspecified atom stereocenters. The molecule has 27 heavy (non-hydrogen) atoms. The Bertz CT molecular complexity index is 322. The molecule has 0 aliphatic heterocycles. The van der Waals surface area contributed by atoms with Crippen LogP contribution in [0.2, 0.25) is 0 Å². The highest BCUT2D eigenvalue weighted by atomic mass is 16.3. The van der Waals surface area contributed by atoms with Gasteiger partial charge in [-0.2, -0.15) is 0 Å². The zero-order valence-electron chi connectivity index (χ0n) is 18.4.